The van der Waals surface area contributed by atoms with Gasteiger partial charge in [0.05, 0.1) is 7.11 Å². The van der Waals surface area contributed by atoms with Crippen LogP contribution in [0.2, 0.25) is 0 Å². The molecule has 0 N–H and O–H groups in total. The van der Waals surface area contributed by atoms with E-state index in [9.17, 15) is 4.79 Å². The third kappa shape index (κ3) is 2.46. The number of ether oxygens (including phenoxy) is 1. The van der Waals surface area contributed by atoms with Crippen LogP contribution in [0.4, 0.5) is 0 Å². The molecule has 1 atom stereocenters. The summed E-state index contributed by atoms with van der Waals surface area (Å²) in [5.41, 5.74) is 1.71. The summed E-state index contributed by atoms with van der Waals surface area (Å²) in [7, 11) is 1.62. The Morgan fingerprint density at radius 3 is 3.00 bits per heavy atom. The second-order valence-electron chi connectivity index (χ2n) is 4.63. The minimum absolute atomic E-state index is 0.0523. The van der Waals surface area contributed by atoms with E-state index in [0.29, 0.717) is 11.4 Å². The molecule has 98 valence electrons. The Morgan fingerprint density at radius 2 is 2.33 bits per heavy atom. The first-order chi connectivity index (χ1) is 8.67. The molecule has 1 amide bonds. The fraction of sp³-hybridized carbons (Fsp3) is 0.500. The molecular weight excluding hydrogens is 250 g/mol. The smallest absolute Gasteiger partial charge is 0.254 e. The van der Waals surface area contributed by atoms with Gasteiger partial charge in [-0.25, -0.2) is 0 Å². The van der Waals surface area contributed by atoms with Crippen LogP contribution in [0.5, 0.6) is 5.75 Å². The molecular formula is C14H18ClNO2. The SMILES string of the molecule is COc1cc(C(=O)N2CCCC2CCl)ccc1C. The maximum Gasteiger partial charge on any atom is 0.254 e. The molecule has 1 aromatic rings. The topological polar surface area (TPSA) is 29.5 Å². The van der Waals surface area contributed by atoms with Crippen molar-refractivity contribution in [3.05, 3.63) is 29.3 Å². The zero-order chi connectivity index (χ0) is 13.1. The molecule has 3 nitrogen and oxygen atoms in total. The van der Waals surface area contributed by atoms with Crippen LogP contribution in [0, 0.1) is 6.92 Å². The number of nitrogens with zero attached hydrogens (tertiary/aromatic N) is 1. The van der Waals surface area contributed by atoms with Crippen LogP contribution in [0.25, 0.3) is 0 Å². The van der Waals surface area contributed by atoms with E-state index in [1.807, 2.05) is 24.0 Å². The van der Waals surface area contributed by atoms with Crippen molar-refractivity contribution in [3.8, 4) is 5.75 Å². The average Bonchev–Trinajstić information content (AvgIpc) is 2.86. The highest BCUT2D eigenvalue weighted by Gasteiger charge is 2.28. The molecule has 1 aliphatic rings. The monoisotopic (exact) mass is 267 g/mol. The molecule has 1 saturated heterocycles. The lowest BCUT2D eigenvalue weighted by Gasteiger charge is -2.23. The van der Waals surface area contributed by atoms with Crippen LogP contribution >= 0.6 is 11.6 Å². The van der Waals surface area contributed by atoms with Crippen LogP contribution in [0.1, 0.15) is 28.8 Å². The molecule has 0 aromatic heterocycles. The molecule has 1 aromatic carbocycles. The van der Waals surface area contributed by atoms with E-state index in [2.05, 4.69) is 0 Å². The van der Waals surface area contributed by atoms with Gasteiger partial charge in [0.25, 0.3) is 5.91 Å². The van der Waals surface area contributed by atoms with Crippen molar-refractivity contribution < 1.29 is 9.53 Å². The van der Waals surface area contributed by atoms with Crippen molar-refractivity contribution in [1.82, 2.24) is 4.90 Å². The number of methoxy groups -OCH3 is 1. The van der Waals surface area contributed by atoms with Gasteiger partial charge >= 0.3 is 0 Å². The normalized spacial score (nSPS) is 19.1. The number of hydrogen-bond acceptors (Lipinski definition) is 2. The Labute approximate surface area is 113 Å². The minimum Gasteiger partial charge on any atom is -0.496 e. The number of carbonyl (C=O) groups is 1. The lowest BCUT2D eigenvalue weighted by molar-refractivity contribution is 0.0749. The zero-order valence-electron chi connectivity index (χ0n) is 10.8. The number of aryl methyl sites for hydroxylation is 1. The van der Waals surface area contributed by atoms with Crippen molar-refractivity contribution in [2.75, 3.05) is 19.5 Å². The van der Waals surface area contributed by atoms with Gasteiger partial charge in [-0.15, -0.1) is 11.6 Å². The number of carbonyl (C=O) groups excluding carboxylic acids is 1. The van der Waals surface area contributed by atoms with Crippen molar-refractivity contribution in [1.29, 1.82) is 0 Å². The Hall–Kier alpha value is -1.22. The molecule has 0 saturated carbocycles. The van der Waals surface area contributed by atoms with Crippen molar-refractivity contribution in [2.24, 2.45) is 0 Å². The number of likely N-dealkylation sites (tertiary alicyclic amines) is 1. The molecule has 0 aliphatic carbocycles. The fourth-order valence-electron chi connectivity index (χ4n) is 2.38. The van der Waals surface area contributed by atoms with E-state index in [4.69, 9.17) is 16.3 Å². The first kappa shape index (κ1) is 13.2. The third-order valence-electron chi connectivity index (χ3n) is 3.47. The maximum absolute atomic E-state index is 12.4. The van der Waals surface area contributed by atoms with E-state index in [1.54, 1.807) is 13.2 Å². The summed E-state index contributed by atoms with van der Waals surface area (Å²) in [6, 6.07) is 5.74. The average molecular weight is 268 g/mol. The van der Waals surface area contributed by atoms with Crippen LogP contribution in [-0.2, 0) is 0 Å². The lowest BCUT2D eigenvalue weighted by atomic mass is 10.1. The zero-order valence-corrected chi connectivity index (χ0v) is 11.5. The third-order valence-corrected chi connectivity index (χ3v) is 3.83. The highest BCUT2D eigenvalue weighted by Crippen LogP contribution is 2.24. The molecule has 0 bridgehead atoms. The largest absolute Gasteiger partial charge is 0.496 e. The number of rotatable bonds is 3. The summed E-state index contributed by atoms with van der Waals surface area (Å²) in [5.74, 6) is 1.31. The number of hydrogen-bond donors (Lipinski definition) is 0. The Kier molecular flexibility index (Phi) is 4.12. The summed E-state index contributed by atoms with van der Waals surface area (Å²) >= 11 is 5.90. The van der Waals surface area contributed by atoms with Gasteiger partial charge in [-0.2, -0.15) is 0 Å². The predicted octanol–water partition coefficient (Wildman–Crippen LogP) is 2.85. The Balaban J connectivity index is 2.23. The van der Waals surface area contributed by atoms with Crippen LogP contribution in [0.3, 0.4) is 0 Å². The van der Waals surface area contributed by atoms with Crippen molar-refractivity contribution in [2.45, 2.75) is 25.8 Å². The van der Waals surface area contributed by atoms with Gasteiger partial charge in [0.15, 0.2) is 0 Å². The van der Waals surface area contributed by atoms with Gasteiger partial charge in [-0.05, 0) is 37.5 Å². The summed E-state index contributed by atoms with van der Waals surface area (Å²) in [6.45, 7) is 2.76. The van der Waals surface area contributed by atoms with Crippen LogP contribution in [0.15, 0.2) is 18.2 Å². The summed E-state index contributed by atoms with van der Waals surface area (Å²) in [6.07, 6.45) is 2.03. The number of benzene rings is 1. The first-order valence-electron chi connectivity index (χ1n) is 6.19. The highest BCUT2D eigenvalue weighted by atomic mass is 35.5. The number of alkyl halides is 1. The van der Waals surface area contributed by atoms with E-state index in [-0.39, 0.29) is 11.9 Å². The molecule has 1 heterocycles. The molecule has 0 radical (unpaired) electrons. The Morgan fingerprint density at radius 1 is 1.56 bits per heavy atom. The maximum atomic E-state index is 12.4. The summed E-state index contributed by atoms with van der Waals surface area (Å²) in [4.78, 5) is 14.3. The molecule has 0 spiro atoms. The van der Waals surface area contributed by atoms with Gasteiger partial charge in [-0.3, -0.25) is 4.79 Å². The van der Waals surface area contributed by atoms with E-state index >= 15 is 0 Å². The molecule has 18 heavy (non-hydrogen) atoms. The predicted molar refractivity (Wildman–Crippen MR) is 72.5 cm³/mol. The number of halogens is 1. The van der Waals surface area contributed by atoms with Crippen molar-refractivity contribution >= 4 is 17.5 Å². The van der Waals surface area contributed by atoms with E-state index < -0.39 is 0 Å². The van der Waals surface area contributed by atoms with E-state index in [1.165, 1.54) is 0 Å². The molecule has 1 unspecified atom stereocenters. The summed E-state index contributed by atoms with van der Waals surface area (Å²) in [5, 5.41) is 0. The standard InChI is InChI=1S/C14H18ClNO2/c1-10-5-6-11(8-13(10)18-2)14(17)16-7-3-4-12(16)9-15/h5-6,8,12H,3-4,7,9H2,1-2H3. The lowest BCUT2D eigenvalue weighted by Crippen LogP contribution is -2.36. The van der Waals surface area contributed by atoms with Crippen LogP contribution in [-0.4, -0.2) is 36.4 Å². The molecule has 1 fully saturated rings. The fourth-order valence-corrected chi connectivity index (χ4v) is 2.70. The van der Waals surface area contributed by atoms with Crippen molar-refractivity contribution in [3.63, 3.8) is 0 Å². The summed E-state index contributed by atoms with van der Waals surface area (Å²) < 4.78 is 5.25. The van der Waals surface area contributed by atoms with Gasteiger partial charge in [0.2, 0.25) is 0 Å². The Bertz CT molecular complexity index is 447. The molecule has 4 heteroatoms. The highest BCUT2D eigenvalue weighted by molar-refractivity contribution is 6.18. The molecule has 1 aliphatic heterocycles. The van der Waals surface area contributed by atoms with Crippen LogP contribution < -0.4 is 4.74 Å². The molecule has 2 rings (SSSR count). The van der Waals surface area contributed by atoms with Gasteiger partial charge in [0, 0.05) is 24.0 Å². The first-order valence-corrected chi connectivity index (χ1v) is 6.72. The van der Waals surface area contributed by atoms with Gasteiger partial charge in [0.1, 0.15) is 5.75 Å². The van der Waals surface area contributed by atoms with Gasteiger partial charge in [-0.1, -0.05) is 6.07 Å². The second-order valence-corrected chi connectivity index (χ2v) is 4.94. The number of amides is 1. The second kappa shape index (κ2) is 5.61. The van der Waals surface area contributed by atoms with Gasteiger partial charge < -0.3 is 9.64 Å². The minimum atomic E-state index is 0.0523. The quantitative estimate of drug-likeness (QED) is 0.788. The van der Waals surface area contributed by atoms with E-state index in [0.717, 1.165) is 30.7 Å².